The van der Waals surface area contributed by atoms with Gasteiger partial charge in [0.25, 0.3) is 5.91 Å². The van der Waals surface area contributed by atoms with Crippen LogP contribution in [0.3, 0.4) is 0 Å². The van der Waals surface area contributed by atoms with Gasteiger partial charge in [-0.2, -0.15) is 0 Å². The van der Waals surface area contributed by atoms with E-state index < -0.39 is 11.5 Å². The SMILES string of the molecule is Cc1c(OC2CCN(C)CC2)ccc2cc(NC(=O)c3cc4cc(Cl)ccc4[nH]3)c(=O)oc12. The Hall–Kier alpha value is -3.29. The summed E-state index contributed by atoms with van der Waals surface area (Å²) in [5, 5.41) is 4.76. The van der Waals surface area contributed by atoms with E-state index in [1.165, 1.54) is 0 Å². The molecule has 2 aromatic heterocycles. The molecule has 0 aliphatic carbocycles. The number of likely N-dealkylation sites (tertiary alicyclic amines) is 1. The Morgan fingerprint density at radius 2 is 1.94 bits per heavy atom. The number of benzene rings is 2. The van der Waals surface area contributed by atoms with Crippen molar-refractivity contribution in [3.05, 3.63) is 69.2 Å². The molecule has 2 aromatic carbocycles. The van der Waals surface area contributed by atoms with Crippen molar-refractivity contribution in [2.45, 2.75) is 25.9 Å². The fourth-order valence-electron chi connectivity index (χ4n) is 4.22. The number of carbonyl (C=O) groups is 1. The van der Waals surface area contributed by atoms with E-state index in [2.05, 4.69) is 22.2 Å². The Labute approximate surface area is 195 Å². The van der Waals surface area contributed by atoms with Crippen molar-refractivity contribution in [2.75, 3.05) is 25.5 Å². The lowest BCUT2D eigenvalue weighted by molar-refractivity contribution is 0.102. The second-order valence-corrected chi connectivity index (χ2v) is 8.98. The van der Waals surface area contributed by atoms with E-state index in [1.54, 1.807) is 30.3 Å². The predicted octanol–water partition coefficient (Wildman–Crippen LogP) is 4.96. The molecule has 2 N–H and O–H groups in total. The van der Waals surface area contributed by atoms with Gasteiger partial charge in [0, 0.05) is 40.0 Å². The molecule has 8 heteroatoms. The quantitative estimate of drug-likeness (QED) is 0.416. The maximum absolute atomic E-state index is 12.7. The van der Waals surface area contributed by atoms with Crippen molar-refractivity contribution in [3.63, 3.8) is 0 Å². The summed E-state index contributed by atoms with van der Waals surface area (Å²) in [5.74, 6) is 0.279. The standard InChI is InChI=1S/C25H24ClN3O4/c1-14-22(32-18-7-9-29(2)10-8-18)6-3-15-12-21(25(31)33-23(14)15)28-24(30)20-13-16-11-17(26)4-5-19(16)27-20/h3-6,11-13,18,27H,7-10H2,1-2H3,(H,28,30). The van der Waals surface area contributed by atoms with E-state index in [0.29, 0.717) is 27.4 Å². The Bertz CT molecular complexity index is 1420. The molecular formula is C25H24ClN3O4. The van der Waals surface area contributed by atoms with Crippen LogP contribution in [0.4, 0.5) is 5.69 Å². The summed E-state index contributed by atoms with van der Waals surface area (Å²) >= 11 is 6.02. The first-order chi connectivity index (χ1) is 15.9. The van der Waals surface area contributed by atoms with Gasteiger partial charge in [-0.3, -0.25) is 4.79 Å². The van der Waals surface area contributed by atoms with E-state index >= 15 is 0 Å². The topological polar surface area (TPSA) is 87.6 Å². The van der Waals surface area contributed by atoms with Crippen molar-refractivity contribution in [2.24, 2.45) is 0 Å². The second-order valence-electron chi connectivity index (χ2n) is 8.54. The molecule has 3 heterocycles. The van der Waals surface area contributed by atoms with Gasteiger partial charge in [-0.1, -0.05) is 11.6 Å². The number of halogens is 1. The van der Waals surface area contributed by atoms with Crippen LogP contribution in [0.5, 0.6) is 5.75 Å². The zero-order valence-corrected chi connectivity index (χ0v) is 19.2. The number of rotatable bonds is 4. The van der Waals surface area contributed by atoms with Crippen LogP contribution >= 0.6 is 11.6 Å². The van der Waals surface area contributed by atoms with Crippen molar-refractivity contribution in [1.82, 2.24) is 9.88 Å². The van der Waals surface area contributed by atoms with Crippen LogP contribution in [0, 0.1) is 6.92 Å². The Morgan fingerprint density at radius 3 is 2.73 bits per heavy atom. The Morgan fingerprint density at radius 1 is 1.15 bits per heavy atom. The average molecular weight is 466 g/mol. The monoisotopic (exact) mass is 465 g/mol. The van der Waals surface area contributed by atoms with Gasteiger partial charge in [-0.25, -0.2) is 4.79 Å². The van der Waals surface area contributed by atoms with E-state index in [0.717, 1.165) is 42.4 Å². The van der Waals surface area contributed by atoms with Gasteiger partial charge in [0.1, 0.15) is 28.8 Å². The highest BCUT2D eigenvalue weighted by Crippen LogP contribution is 2.30. The van der Waals surface area contributed by atoms with Gasteiger partial charge in [0.2, 0.25) is 0 Å². The lowest BCUT2D eigenvalue weighted by Gasteiger charge is -2.29. The number of aromatic nitrogens is 1. The summed E-state index contributed by atoms with van der Waals surface area (Å²) in [5.41, 5.74) is 1.80. The van der Waals surface area contributed by atoms with Crippen LogP contribution in [-0.2, 0) is 0 Å². The summed E-state index contributed by atoms with van der Waals surface area (Å²) in [4.78, 5) is 30.7. The summed E-state index contributed by atoms with van der Waals surface area (Å²) in [6.45, 7) is 3.88. The molecule has 1 aliphatic heterocycles. The van der Waals surface area contributed by atoms with Gasteiger partial charge >= 0.3 is 5.63 Å². The summed E-state index contributed by atoms with van der Waals surface area (Å²) in [7, 11) is 2.11. The van der Waals surface area contributed by atoms with Gasteiger partial charge in [-0.05, 0) is 69.3 Å². The Kier molecular flexibility index (Phi) is 5.60. The first kappa shape index (κ1) is 21.6. The number of hydrogen-bond acceptors (Lipinski definition) is 5. The molecule has 1 saturated heterocycles. The molecule has 1 amide bonds. The van der Waals surface area contributed by atoms with Crippen LogP contribution in [0.15, 0.2) is 51.7 Å². The minimum absolute atomic E-state index is 0.0765. The number of hydrogen-bond donors (Lipinski definition) is 2. The van der Waals surface area contributed by atoms with Crippen LogP contribution in [0.25, 0.3) is 21.9 Å². The van der Waals surface area contributed by atoms with Gasteiger partial charge in [0.05, 0.1) is 0 Å². The number of ether oxygens (including phenoxy) is 1. The van der Waals surface area contributed by atoms with Gasteiger partial charge < -0.3 is 24.4 Å². The summed E-state index contributed by atoms with van der Waals surface area (Å²) in [6.07, 6.45) is 2.07. The number of nitrogens with zero attached hydrogens (tertiary/aromatic N) is 1. The number of aryl methyl sites for hydroxylation is 1. The third-order valence-electron chi connectivity index (χ3n) is 6.14. The highest BCUT2D eigenvalue weighted by Gasteiger charge is 2.20. The normalized spacial score (nSPS) is 15.2. The first-order valence-corrected chi connectivity index (χ1v) is 11.3. The maximum atomic E-state index is 12.7. The van der Waals surface area contributed by atoms with Crippen LogP contribution in [0.1, 0.15) is 28.9 Å². The van der Waals surface area contributed by atoms with E-state index in [1.807, 2.05) is 19.1 Å². The predicted molar refractivity (Wildman–Crippen MR) is 130 cm³/mol. The highest BCUT2D eigenvalue weighted by atomic mass is 35.5. The Balaban J connectivity index is 1.39. The molecule has 1 aliphatic rings. The van der Waals surface area contributed by atoms with Crippen LogP contribution in [-0.4, -0.2) is 42.0 Å². The third kappa shape index (κ3) is 4.34. The smallest absolute Gasteiger partial charge is 0.360 e. The maximum Gasteiger partial charge on any atom is 0.360 e. The number of nitrogens with one attached hydrogen (secondary N) is 2. The van der Waals surface area contributed by atoms with Gasteiger partial charge in [0.15, 0.2) is 0 Å². The molecule has 1 fully saturated rings. The van der Waals surface area contributed by atoms with E-state index in [9.17, 15) is 9.59 Å². The minimum Gasteiger partial charge on any atom is -0.490 e. The minimum atomic E-state index is -0.616. The largest absolute Gasteiger partial charge is 0.490 e. The van der Waals surface area contributed by atoms with E-state index in [4.69, 9.17) is 20.8 Å². The summed E-state index contributed by atoms with van der Waals surface area (Å²) in [6, 6.07) is 12.4. The molecule has 0 spiro atoms. The first-order valence-electron chi connectivity index (χ1n) is 10.9. The van der Waals surface area contributed by atoms with Crippen molar-refractivity contribution >= 4 is 45.1 Å². The zero-order valence-electron chi connectivity index (χ0n) is 18.4. The summed E-state index contributed by atoms with van der Waals surface area (Å²) < 4.78 is 11.8. The molecule has 0 unspecified atom stereocenters. The fourth-order valence-corrected chi connectivity index (χ4v) is 4.40. The molecular weight excluding hydrogens is 442 g/mol. The molecule has 33 heavy (non-hydrogen) atoms. The van der Waals surface area contributed by atoms with Gasteiger partial charge in [-0.15, -0.1) is 0 Å². The highest BCUT2D eigenvalue weighted by molar-refractivity contribution is 6.31. The molecule has 170 valence electrons. The number of amides is 1. The fraction of sp³-hybridized carbons (Fsp3) is 0.280. The number of fused-ring (bicyclic) bond motifs is 2. The number of H-pyrrole nitrogens is 1. The molecule has 0 saturated carbocycles. The van der Waals surface area contributed by atoms with Crippen molar-refractivity contribution in [1.29, 1.82) is 0 Å². The number of carbonyl (C=O) groups excluding carboxylic acids is 1. The molecule has 5 rings (SSSR count). The van der Waals surface area contributed by atoms with Crippen molar-refractivity contribution < 1.29 is 13.9 Å². The average Bonchev–Trinajstić information content (AvgIpc) is 3.22. The third-order valence-corrected chi connectivity index (χ3v) is 6.37. The number of aromatic amines is 1. The molecule has 0 bridgehead atoms. The lowest BCUT2D eigenvalue weighted by atomic mass is 10.1. The van der Waals surface area contributed by atoms with Crippen LogP contribution < -0.4 is 15.7 Å². The van der Waals surface area contributed by atoms with Crippen LogP contribution in [0.2, 0.25) is 5.02 Å². The molecule has 4 aromatic rings. The van der Waals surface area contributed by atoms with Crippen molar-refractivity contribution in [3.8, 4) is 5.75 Å². The molecule has 0 atom stereocenters. The second kappa shape index (κ2) is 8.57. The zero-order chi connectivity index (χ0) is 23.1. The molecule has 7 nitrogen and oxygen atoms in total. The number of anilines is 1. The lowest BCUT2D eigenvalue weighted by Crippen LogP contribution is -2.35. The number of piperidine rings is 1. The van der Waals surface area contributed by atoms with E-state index in [-0.39, 0.29) is 11.8 Å². The molecule has 0 radical (unpaired) electrons.